The number of aromatic amines is 1. The predicted molar refractivity (Wildman–Crippen MR) is 101 cm³/mol. The molecule has 1 aromatic heterocycles. The first-order valence-corrected chi connectivity index (χ1v) is 8.53. The summed E-state index contributed by atoms with van der Waals surface area (Å²) in [6, 6.07) is 12.5. The van der Waals surface area contributed by atoms with E-state index in [0.717, 1.165) is 16.8 Å². The zero-order valence-corrected chi connectivity index (χ0v) is 15.6. The maximum atomic E-state index is 12.6. The number of nitrogens with one attached hydrogen (secondary N) is 2. The minimum Gasteiger partial charge on any atom is -0.497 e. The number of carbonyl (C=O) groups is 1. The third kappa shape index (κ3) is 3.79. The quantitative estimate of drug-likeness (QED) is 0.640. The van der Waals surface area contributed by atoms with Gasteiger partial charge in [0.2, 0.25) is 0 Å². The van der Waals surface area contributed by atoms with Crippen LogP contribution in [0.2, 0.25) is 0 Å². The monoisotopic (exact) mass is 372 g/mol. The highest BCUT2D eigenvalue weighted by Gasteiger charge is 2.21. The molecule has 136 valence electrons. The number of amides is 1. The van der Waals surface area contributed by atoms with E-state index in [1.54, 1.807) is 32.4 Å². The third-order valence-electron chi connectivity index (χ3n) is 4.19. The molecule has 0 bridgehead atoms. The van der Waals surface area contributed by atoms with Gasteiger partial charge < -0.3 is 24.2 Å². The molecule has 0 aliphatic heterocycles. The largest absolute Gasteiger partial charge is 0.497 e. The molecule has 0 saturated heterocycles. The molecule has 26 heavy (non-hydrogen) atoms. The Kier molecular flexibility index (Phi) is 5.39. The number of carbonyl (C=O) groups excluding carboxylic acids is 1. The molecule has 3 rings (SSSR count). The van der Waals surface area contributed by atoms with Crippen molar-refractivity contribution in [2.75, 3.05) is 14.2 Å². The van der Waals surface area contributed by atoms with E-state index in [9.17, 15) is 4.79 Å². The lowest BCUT2D eigenvalue weighted by Crippen LogP contribution is -2.37. The summed E-state index contributed by atoms with van der Waals surface area (Å²) in [5.74, 6) is 0.558. The highest BCUT2D eigenvalue weighted by molar-refractivity contribution is 7.71. The van der Waals surface area contributed by atoms with Crippen molar-refractivity contribution < 1.29 is 18.7 Å². The van der Waals surface area contributed by atoms with Crippen molar-refractivity contribution in [3.05, 3.63) is 58.4 Å². The van der Waals surface area contributed by atoms with Gasteiger partial charge in [0.25, 0.3) is 10.7 Å². The van der Waals surface area contributed by atoms with Crippen molar-refractivity contribution >= 4 is 29.2 Å². The van der Waals surface area contributed by atoms with Crippen LogP contribution in [0.5, 0.6) is 5.75 Å². The molecule has 1 heterocycles. The number of H-pyrrole nitrogens is 1. The van der Waals surface area contributed by atoms with Crippen molar-refractivity contribution in [1.82, 2.24) is 10.3 Å². The first-order chi connectivity index (χ1) is 12.5. The van der Waals surface area contributed by atoms with Crippen LogP contribution in [0.3, 0.4) is 0 Å². The van der Waals surface area contributed by atoms with E-state index in [2.05, 4.69) is 10.3 Å². The lowest BCUT2D eigenvalue weighted by molar-refractivity contribution is 0.0644. The number of oxazole rings is 1. The Balaban J connectivity index is 1.75. The SMILES string of the molecule is COc1ccc([C@@H](OC)[C@@H](C)NC(=O)c2ccc3[nH]c(=S)oc3c2)cc1. The molecule has 0 saturated carbocycles. The molecule has 0 spiro atoms. The van der Waals surface area contributed by atoms with Crippen molar-refractivity contribution in [2.45, 2.75) is 19.1 Å². The Morgan fingerprint density at radius 2 is 1.92 bits per heavy atom. The summed E-state index contributed by atoms with van der Waals surface area (Å²) in [5.41, 5.74) is 2.75. The molecule has 1 amide bonds. The van der Waals surface area contributed by atoms with Crippen molar-refractivity contribution in [3.63, 3.8) is 0 Å². The highest BCUT2D eigenvalue weighted by atomic mass is 32.1. The van der Waals surface area contributed by atoms with Gasteiger partial charge in [-0.1, -0.05) is 12.1 Å². The number of benzene rings is 2. The van der Waals surface area contributed by atoms with Crippen LogP contribution in [0, 0.1) is 4.84 Å². The second kappa shape index (κ2) is 7.72. The number of ether oxygens (including phenoxy) is 2. The van der Waals surface area contributed by atoms with Gasteiger partial charge in [-0.2, -0.15) is 0 Å². The minimum absolute atomic E-state index is 0.211. The average Bonchev–Trinajstić information content (AvgIpc) is 3.02. The summed E-state index contributed by atoms with van der Waals surface area (Å²) in [4.78, 5) is 15.8. The zero-order valence-electron chi connectivity index (χ0n) is 14.7. The maximum absolute atomic E-state index is 12.6. The van der Waals surface area contributed by atoms with Gasteiger partial charge in [-0.15, -0.1) is 0 Å². The van der Waals surface area contributed by atoms with Gasteiger partial charge in [-0.25, -0.2) is 0 Å². The molecular formula is C19H20N2O4S. The van der Waals surface area contributed by atoms with Crippen LogP contribution in [0.1, 0.15) is 28.9 Å². The van der Waals surface area contributed by atoms with Crippen LogP contribution in [0.4, 0.5) is 0 Å². The second-order valence-electron chi connectivity index (χ2n) is 5.92. The topological polar surface area (TPSA) is 76.5 Å². The van der Waals surface area contributed by atoms with Crippen LogP contribution in [0.25, 0.3) is 11.1 Å². The van der Waals surface area contributed by atoms with E-state index in [0.29, 0.717) is 11.1 Å². The smallest absolute Gasteiger partial charge is 0.266 e. The Bertz CT molecular complexity index is 962. The van der Waals surface area contributed by atoms with Crippen LogP contribution in [0.15, 0.2) is 46.9 Å². The van der Waals surface area contributed by atoms with E-state index in [4.69, 9.17) is 26.1 Å². The summed E-state index contributed by atoms with van der Waals surface area (Å²) < 4.78 is 16.1. The summed E-state index contributed by atoms with van der Waals surface area (Å²) in [5, 5.41) is 2.97. The van der Waals surface area contributed by atoms with Crippen LogP contribution in [-0.2, 0) is 4.74 Å². The molecular weight excluding hydrogens is 352 g/mol. The van der Waals surface area contributed by atoms with Crippen LogP contribution >= 0.6 is 12.2 Å². The molecule has 0 aliphatic rings. The minimum atomic E-state index is -0.287. The third-order valence-corrected chi connectivity index (χ3v) is 4.38. The van der Waals surface area contributed by atoms with E-state index in [1.165, 1.54) is 0 Å². The average molecular weight is 372 g/mol. The molecule has 3 aromatic rings. The summed E-state index contributed by atoms with van der Waals surface area (Å²) in [7, 11) is 3.24. The van der Waals surface area contributed by atoms with E-state index >= 15 is 0 Å². The molecule has 2 N–H and O–H groups in total. The van der Waals surface area contributed by atoms with Crippen molar-refractivity contribution in [3.8, 4) is 5.75 Å². The number of hydrogen-bond donors (Lipinski definition) is 2. The maximum Gasteiger partial charge on any atom is 0.266 e. The fraction of sp³-hybridized carbons (Fsp3) is 0.263. The van der Waals surface area contributed by atoms with E-state index in [-0.39, 0.29) is 22.9 Å². The first kappa shape index (κ1) is 18.2. The zero-order chi connectivity index (χ0) is 18.7. The summed E-state index contributed by atoms with van der Waals surface area (Å²) in [6.45, 7) is 1.90. The Morgan fingerprint density at radius 1 is 1.19 bits per heavy atom. The first-order valence-electron chi connectivity index (χ1n) is 8.12. The van der Waals surface area contributed by atoms with Gasteiger partial charge >= 0.3 is 0 Å². The predicted octanol–water partition coefficient (Wildman–Crippen LogP) is 4.00. The molecule has 7 heteroatoms. The molecule has 2 aromatic carbocycles. The normalized spacial score (nSPS) is 13.3. The fourth-order valence-corrected chi connectivity index (χ4v) is 3.07. The van der Waals surface area contributed by atoms with Gasteiger partial charge in [-0.05, 0) is 55.0 Å². The van der Waals surface area contributed by atoms with Gasteiger partial charge in [0.15, 0.2) is 5.58 Å². The molecule has 6 nitrogen and oxygen atoms in total. The molecule has 0 radical (unpaired) electrons. The Morgan fingerprint density at radius 3 is 2.58 bits per heavy atom. The van der Waals surface area contributed by atoms with Gasteiger partial charge in [0.1, 0.15) is 11.9 Å². The standard InChI is InChI=1S/C19H20N2O4S/c1-11(17(24-3)12-4-7-14(23-2)8-5-12)20-18(22)13-6-9-15-16(10-13)25-19(26)21-15/h4-11,17H,1-3H3,(H,20,22)(H,21,26)/t11-,17+/m1/s1. The van der Waals surface area contributed by atoms with Crippen molar-refractivity contribution in [1.29, 1.82) is 0 Å². The van der Waals surface area contributed by atoms with Crippen LogP contribution < -0.4 is 10.1 Å². The Labute approximate surface area is 156 Å². The van der Waals surface area contributed by atoms with Gasteiger partial charge in [0.05, 0.1) is 18.7 Å². The lowest BCUT2D eigenvalue weighted by atomic mass is 10.0. The number of hydrogen-bond acceptors (Lipinski definition) is 5. The molecule has 0 aliphatic carbocycles. The fourth-order valence-electron chi connectivity index (χ4n) is 2.87. The summed E-state index contributed by atoms with van der Waals surface area (Å²) >= 11 is 4.97. The molecule has 2 atom stereocenters. The highest BCUT2D eigenvalue weighted by Crippen LogP contribution is 2.23. The number of methoxy groups -OCH3 is 2. The number of aromatic nitrogens is 1. The molecule has 0 unspecified atom stereocenters. The van der Waals surface area contributed by atoms with Crippen molar-refractivity contribution in [2.24, 2.45) is 0 Å². The number of fused-ring (bicyclic) bond motifs is 1. The Hall–Kier alpha value is -2.64. The summed E-state index contributed by atoms with van der Waals surface area (Å²) in [6.07, 6.45) is -0.287. The van der Waals surface area contributed by atoms with Crippen LogP contribution in [-0.4, -0.2) is 31.2 Å². The number of rotatable bonds is 6. The second-order valence-corrected chi connectivity index (χ2v) is 6.29. The van der Waals surface area contributed by atoms with E-state index < -0.39 is 0 Å². The van der Waals surface area contributed by atoms with E-state index in [1.807, 2.05) is 31.2 Å². The van der Waals surface area contributed by atoms with Gasteiger partial charge in [-0.3, -0.25) is 4.79 Å². The molecule has 0 fully saturated rings. The van der Waals surface area contributed by atoms with Gasteiger partial charge in [0, 0.05) is 12.7 Å². The lowest BCUT2D eigenvalue weighted by Gasteiger charge is -2.24.